The summed E-state index contributed by atoms with van der Waals surface area (Å²) < 4.78 is 27.9. The van der Waals surface area contributed by atoms with Crippen molar-refractivity contribution in [1.82, 2.24) is 4.31 Å². The van der Waals surface area contributed by atoms with Crippen LogP contribution < -0.4 is 0 Å². The molecule has 1 heterocycles. The first-order chi connectivity index (χ1) is 11.7. The van der Waals surface area contributed by atoms with Gasteiger partial charge >= 0.3 is 0 Å². The highest BCUT2D eigenvalue weighted by Crippen LogP contribution is 2.36. The van der Waals surface area contributed by atoms with Crippen LogP contribution >= 0.6 is 39.1 Å². The van der Waals surface area contributed by atoms with E-state index in [1.165, 1.54) is 22.5 Å². The van der Waals surface area contributed by atoms with E-state index in [-0.39, 0.29) is 23.0 Å². The van der Waals surface area contributed by atoms with E-state index in [1.807, 2.05) is 24.3 Å². The molecule has 0 spiro atoms. The van der Waals surface area contributed by atoms with E-state index in [0.717, 1.165) is 10.0 Å². The summed E-state index contributed by atoms with van der Waals surface area (Å²) in [6, 6.07) is 11.8. The zero-order chi connectivity index (χ0) is 18.2. The molecule has 0 atom stereocenters. The van der Waals surface area contributed by atoms with Crippen molar-refractivity contribution in [3.63, 3.8) is 0 Å². The van der Waals surface area contributed by atoms with Crippen LogP contribution in [0.5, 0.6) is 0 Å². The predicted molar refractivity (Wildman–Crippen MR) is 102 cm³/mol. The number of benzene rings is 2. The molecule has 0 bridgehead atoms. The van der Waals surface area contributed by atoms with Gasteiger partial charge in [0.1, 0.15) is 4.90 Å². The van der Waals surface area contributed by atoms with Gasteiger partial charge in [0.25, 0.3) is 0 Å². The molecule has 1 N–H and O–H groups in total. The fraction of sp³-hybridized carbons (Fsp3) is 0.294. The number of halogens is 3. The number of sulfonamides is 1. The molecule has 134 valence electrons. The molecule has 1 aliphatic rings. The van der Waals surface area contributed by atoms with Gasteiger partial charge in [-0.1, -0.05) is 51.3 Å². The molecule has 4 nitrogen and oxygen atoms in total. The molecular formula is C17H16BrCl2NO3S. The lowest BCUT2D eigenvalue weighted by Gasteiger charge is -2.38. The highest BCUT2D eigenvalue weighted by molar-refractivity contribution is 9.10. The summed E-state index contributed by atoms with van der Waals surface area (Å²) in [6.45, 7) is 0.432. The molecule has 0 unspecified atom stereocenters. The van der Waals surface area contributed by atoms with Crippen LogP contribution in [-0.4, -0.2) is 30.9 Å². The van der Waals surface area contributed by atoms with Gasteiger partial charge in [0.05, 0.1) is 10.6 Å². The van der Waals surface area contributed by atoms with Crippen LogP contribution in [0, 0.1) is 0 Å². The maximum absolute atomic E-state index is 12.8. The summed E-state index contributed by atoms with van der Waals surface area (Å²) in [4.78, 5) is 0.0349. The van der Waals surface area contributed by atoms with Crippen molar-refractivity contribution < 1.29 is 13.5 Å². The Kier molecular flexibility index (Phi) is 5.49. The zero-order valence-corrected chi connectivity index (χ0v) is 17.0. The average molecular weight is 465 g/mol. The monoisotopic (exact) mass is 463 g/mol. The molecule has 0 amide bonds. The molecule has 2 aromatic carbocycles. The number of aliphatic hydroxyl groups is 1. The summed E-state index contributed by atoms with van der Waals surface area (Å²) >= 11 is 15.3. The van der Waals surface area contributed by atoms with Gasteiger partial charge in [-0.25, -0.2) is 8.42 Å². The van der Waals surface area contributed by atoms with Crippen LogP contribution in [0.3, 0.4) is 0 Å². The van der Waals surface area contributed by atoms with Crippen molar-refractivity contribution in [3.05, 3.63) is 62.5 Å². The minimum atomic E-state index is -3.72. The van der Waals surface area contributed by atoms with E-state index >= 15 is 0 Å². The molecule has 25 heavy (non-hydrogen) atoms. The second-order valence-electron chi connectivity index (χ2n) is 6.02. The van der Waals surface area contributed by atoms with Crippen molar-refractivity contribution in [3.8, 4) is 0 Å². The molecule has 8 heteroatoms. The summed E-state index contributed by atoms with van der Waals surface area (Å²) in [5.74, 6) is 0. The molecule has 0 radical (unpaired) electrons. The van der Waals surface area contributed by atoms with Crippen molar-refractivity contribution in [2.75, 3.05) is 13.1 Å². The Morgan fingerprint density at radius 3 is 2.20 bits per heavy atom. The van der Waals surface area contributed by atoms with Crippen LogP contribution in [0.2, 0.25) is 10.0 Å². The van der Waals surface area contributed by atoms with Gasteiger partial charge in [0.2, 0.25) is 10.0 Å². The highest BCUT2D eigenvalue weighted by atomic mass is 79.9. The van der Waals surface area contributed by atoms with Gasteiger partial charge in [0, 0.05) is 22.6 Å². The lowest BCUT2D eigenvalue weighted by molar-refractivity contribution is -0.00962. The van der Waals surface area contributed by atoms with Crippen LogP contribution in [0.1, 0.15) is 18.4 Å². The van der Waals surface area contributed by atoms with E-state index in [0.29, 0.717) is 17.9 Å². The van der Waals surface area contributed by atoms with E-state index in [9.17, 15) is 13.5 Å². The summed E-state index contributed by atoms with van der Waals surface area (Å²) in [6.07, 6.45) is 0.637. The third-order valence-corrected chi connectivity index (χ3v) is 7.59. The molecule has 0 aliphatic carbocycles. The maximum Gasteiger partial charge on any atom is 0.244 e. The number of nitrogens with zero attached hydrogens (tertiary/aromatic N) is 1. The van der Waals surface area contributed by atoms with Gasteiger partial charge in [-0.05, 0) is 48.7 Å². The lowest BCUT2D eigenvalue weighted by Crippen LogP contribution is -2.45. The summed E-state index contributed by atoms with van der Waals surface area (Å²) in [5.41, 5.74) is -0.242. The minimum Gasteiger partial charge on any atom is -0.385 e. The van der Waals surface area contributed by atoms with Gasteiger partial charge in [-0.15, -0.1) is 0 Å². The van der Waals surface area contributed by atoms with Crippen molar-refractivity contribution >= 4 is 49.2 Å². The Morgan fingerprint density at radius 2 is 1.64 bits per heavy atom. The zero-order valence-electron chi connectivity index (χ0n) is 13.1. The Labute approximate surface area is 165 Å². The highest BCUT2D eigenvalue weighted by Gasteiger charge is 2.38. The third kappa shape index (κ3) is 3.89. The second-order valence-corrected chi connectivity index (χ2v) is 9.68. The van der Waals surface area contributed by atoms with Gasteiger partial charge < -0.3 is 5.11 Å². The standard InChI is InChI=1S/C17H16BrCl2NO3S/c18-13-3-1-12(2-4-13)17(22)7-9-21(10-8-17)25(23,24)16-6-5-14(19)11-15(16)20/h1-6,11,22H,7-10H2. The quantitative estimate of drug-likeness (QED) is 0.730. The fourth-order valence-corrected chi connectivity index (χ4v) is 5.42. The van der Waals surface area contributed by atoms with Crippen LogP contribution in [0.25, 0.3) is 0 Å². The molecule has 1 fully saturated rings. The van der Waals surface area contributed by atoms with Crippen LogP contribution in [0.4, 0.5) is 0 Å². The SMILES string of the molecule is O=S(=O)(c1ccc(Cl)cc1Cl)N1CCC(O)(c2ccc(Br)cc2)CC1. The Bertz CT molecular complexity index is 879. The predicted octanol–water partition coefficient (Wildman–Crippen LogP) is 4.43. The minimum absolute atomic E-state index is 0.0349. The molecule has 0 saturated carbocycles. The molecular weight excluding hydrogens is 449 g/mol. The Balaban J connectivity index is 1.80. The van der Waals surface area contributed by atoms with E-state index in [2.05, 4.69) is 15.9 Å². The average Bonchev–Trinajstić information content (AvgIpc) is 2.55. The largest absolute Gasteiger partial charge is 0.385 e. The summed E-state index contributed by atoms with van der Waals surface area (Å²) in [7, 11) is -3.72. The van der Waals surface area contributed by atoms with E-state index < -0.39 is 15.6 Å². The van der Waals surface area contributed by atoms with Crippen LogP contribution in [-0.2, 0) is 15.6 Å². The lowest BCUT2D eigenvalue weighted by atomic mass is 9.85. The van der Waals surface area contributed by atoms with Crippen molar-refractivity contribution in [2.24, 2.45) is 0 Å². The van der Waals surface area contributed by atoms with Gasteiger partial charge in [-0.2, -0.15) is 4.31 Å². The fourth-order valence-electron chi connectivity index (χ4n) is 2.97. The van der Waals surface area contributed by atoms with Crippen molar-refractivity contribution in [2.45, 2.75) is 23.3 Å². The van der Waals surface area contributed by atoms with Crippen LogP contribution in [0.15, 0.2) is 51.8 Å². The first-order valence-electron chi connectivity index (χ1n) is 7.66. The number of rotatable bonds is 3. The Hall–Kier alpha value is -0.630. The van der Waals surface area contributed by atoms with E-state index in [1.54, 1.807) is 0 Å². The summed E-state index contributed by atoms with van der Waals surface area (Å²) in [5, 5.41) is 11.4. The van der Waals surface area contributed by atoms with Gasteiger partial charge in [0.15, 0.2) is 0 Å². The second kappa shape index (κ2) is 7.18. The smallest absolute Gasteiger partial charge is 0.244 e. The number of piperidine rings is 1. The Morgan fingerprint density at radius 1 is 1.04 bits per heavy atom. The first kappa shape index (κ1) is 19.1. The molecule has 3 rings (SSSR count). The van der Waals surface area contributed by atoms with E-state index in [4.69, 9.17) is 23.2 Å². The first-order valence-corrected chi connectivity index (χ1v) is 10.6. The topological polar surface area (TPSA) is 57.6 Å². The normalized spacial score (nSPS) is 18.2. The molecule has 0 aromatic heterocycles. The third-order valence-electron chi connectivity index (χ3n) is 4.44. The molecule has 1 aliphatic heterocycles. The number of hydrogen-bond acceptors (Lipinski definition) is 3. The maximum atomic E-state index is 12.8. The van der Waals surface area contributed by atoms with Crippen molar-refractivity contribution in [1.29, 1.82) is 0 Å². The van der Waals surface area contributed by atoms with Gasteiger partial charge in [-0.3, -0.25) is 0 Å². The molecule has 2 aromatic rings. The number of hydrogen-bond donors (Lipinski definition) is 1. The molecule has 1 saturated heterocycles.